The molecule has 3 rings (SSSR count). The summed E-state index contributed by atoms with van der Waals surface area (Å²) in [7, 11) is 1.28. The largest absolute Gasteiger partial charge is 0.465 e. The van der Waals surface area contributed by atoms with Gasteiger partial charge in [-0.15, -0.1) is 0 Å². The Morgan fingerprint density at radius 1 is 1.17 bits per heavy atom. The predicted octanol–water partition coefficient (Wildman–Crippen LogP) is 2.96. The molecule has 0 aromatic heterocycles. The van der Waals surface area contributed by atoms with Crippen LogP contribution in [0, 0.1) is 5.82 Å². The van der Waals surface area contributed by atoms with Crippen molar-refractivity contribution >= 4 is 23.9 Å². The van der Waals surface area contributed by atoms with Gasteiger partial charge in [0, 0.05) is 5.56 Å². The molecule has 1 aliphatic heterocycles. The number of halogens is 1. The van der Waals surface area contributed by atoms with Crippen LogP contribution in [-0.4, -0.2) is 24.9 Å². The van der Waals surface area contributed by atoms with Gasteiger partial charge in [0.05, 0.1) is 12.7 Å². The van der Waals surface area contributed by atoms with Crippen molar-refractivity contribution in [3.8, 4) is 0 Å². The lowest BCUT2D eigenvalue weighted by Crippen LogP contribution is -2.06. The quantitative estimate of drug-likeness (QED) is 0.643. The minimum absolute atomic E-state index is 0.0469. The molecule has 1 heterocycles. The number of nitrogens with zero attached hydrogens (tertiary/aromatic N) is 1. The number of hydrogen-bond acceptors (Lipinski definition) is 5. The van der Waals surface area contributed by atoms with Gasteiger partial charge in [-0.05, 0) is 42.0 Å². The van der Waals surface area contributed by atoms with Crippen molar-refractivity contribution in [1.82, 2.24) is 0 Å². The fourth-order valence-electron chi connectivity index (χ4n) is 2.19. The summed E-state index contributed by atoms with van der Waals surface area (Å²) >= 11 is 0. The summed E-state index contributed by atoms with van der Waals surface area (Å²) in [6.45, 7) is 0. The maximum absolute atomic E-state index is 13.0. The van der Waals surface area contributed by atoms with Gasteiger partial charge in [0.2, 0.25) is 5.90 Å². The SMILES string of the molecule is COC(=O)c1ccccc1/C=C1\N=C(c2ccc(F)cc2)OC1=O. The van der Waals surface area contributed by atoms with Gasteiger partial charge in [0.1, 0.15) is 5.82 Å². The molecule has 0 N–H and O–H groups in total. The minimum atomic E-state index is -0.644. The van der Waals surface area contributed by atoms with E-state index in [1.54, 1.807) is 24.3 Å². The highest BCUT2D eigenvalue weighted by atomic mass is 19.1. The Kier molecular flexibility index (Phi) is 4.20. The fraction of sp³-hybridized carbons (Fsp3) is 0.0556. The lowest BCUT2D eigenvalue weighted by atomic mass is 10.1. The Labute approximate surface area is 137 Å². The zero-order valence-corrected chi connectivity index (χ0v) is 12.7. The Morgan fingerprint density at radius 3 is 2.58 bits per heavy atom. The Balaban J connectivity index is 1.98. The maximum atomic E-state index is 13.0. The molecule has 0 bridgehead atoms. The van der Waals surface area contributed by atoms with Gasteiger partial charge >= 0.3 is 11.9 Å². The molecule has 1 aliphatic rings. The third kappa shape index (κ3) is 3.08. The van der Waals surface area contributed by atoms with E-state index in [4.69, 9.17) is 9.47 Å². The molecular weight excluding hydrogens is 313 g/mol. The van der Waals surface area contributed by atoms with Crippen molar-refractivity contribution in [2.45, 2.75) is 0 Å². The van der Waals surface area contributed by atoms with Crippen LogP contribution in [0.15, 0.2) is 59.2 Å². The number of rotatable bonds is 3. The standard InChI is InChI=1S/C18H12FNO4/c1-23-17(21)14-5-3-2-4-12(14)10-15-18(22)24-16(20-15)11-6-8-13(19)9-7-11/h2-10H,1H3/b15-10-. The van der Waals surface area contributed by atoms with Crippen molar-refractivity contribution in [3.63, 3.8) is 0 Å². The monoisotopic (exact) mass is 325 g/mol. The number of esters is 2. The molecule has 2 aromatic carbocycles. The topological polar surface area (TPSA) is 65.0 Å². The number of ether oxygens (including phenoxy) is 2. The number of benzene rings is 2. The molecule has 0 fully saturated rings. The van der Waals surface area contributed by atoms with E-state index >= 15 is 0 Å². The molecule has 120 valence electrons. The first-order valence-electron chi connectivity index (χ1n) is 7.04. The van der Waals surface area contributed by atoms with Crippen molar-refractivity contribution in [2.24, 2.45) is 4.99 Å². The number of aliphatic imine (C=N–C) groups is 1. The van der Waals surface area contributed by atoms with Crippen LogP contribution in [0.4, 0.5) is 4.39 Å². The van der Waals surface area contributed by atoms with Gasteiger partial charge in [0.25, 0.3) is 0 Å². The fourth-order valence-corrected chi connectivity index (χ4v) is 2.19. The average Bonchev–Trinajstić information content (AvgIpc) is 2.96. The van der Waals surface area contributed by atoms with E-state index in [2.05, 4.69) is 4.99 Å². The predicted molar refractivity (Wildman–Crippen MR) is 84.8 cm³/mol. The zero-order chi connectivity index (χ0) is 17.1. The van der Waals surface area contributed by atoms with E-state index < -0.39 is 17.8 Å². The Hall–Kier alpha value is -3.28. The van der Waals surface area contributed by atoms with E-state index in [1.807, 2.05) is 0 Å². The second-order valence-electron chi connectivity index (χ2n) is 4.92. The first-order valence-corrected chi connectivity index (χ1v) is 7.04. The summed E-state index contributed by atoms with van der Waals surface area (Å²) in [6.07, 6.45) is 1.45. The summed E-state index contributed by atoms with van der Waals surface area (Å²) in [4.78, 5) is 27.9. The minimum Gasteiger partial charge on any atom is -0.465 e. The van der Waals surface area contributed by atoms with Crippen molar-refractivity contribution in [3.05, 3.63) is 76.7 Å². The second-order valence-corrected chi connectivity index (χ2v) is 4.92. The molecule has 6 heteroatoms. The normalized spacial score (nSPS) is 15.2. The molecule has 0 unspecified atom stereocenters. The molecule has 24 heavy (non-hydrogen) atoms. The van der Waals surface area contributed by atoms with Gasteiger partial charge in [-0.2, -0.15) is 0 Å². The number of carbonyl (C=O) groups is 2. The van der Waals surface area contributed by atoms with Crippen LogP contribution in [0.5, 0.6) is 0 Å². The van der Waals surface area contributed by atoms with Crippen LogP contribution in [0.1, 0.15) is 21.5 Å². The second kappa shape index (κ2) is 6.45. The molecule has 0 spiro atoms. The van der Waals surface area contributed by atoms with Crippen molar-refractivity contribution in [1.29, 1.82) is 0 Å². The highest BCUT2D eigenvalue weighted by molar-refractivity contribution is 6.13. The van der Waals surface area contributed by atoms with Crippen LogP contribution in [0.2, 0.25) is 0 Å². The summed E-state index contributed by atoms with van der Waals surface area (Å²) in [5.41, 5.74) is 1.33. The molecule has 5 nitrogen and oxygen atoms in total. The van der Waals surface area contributed by atoms with E-state index in [-0.39, 0.29) is 11.6 Å². The van der Waals surface area contributed by atoms with Crippen LogP contribution < -0.4 is 0 Å². The summed E-state index contributed by atoms with van der Waals surface area (Å²) in [6, 6.07) is 12.1. The van der Waals surface area contributed by atoms with E-state index in [9.17, 15) is 14.0 Å². The first-order chi connectivity index (χ1) is 11.6. The number of hydrogen-bond donors (Lipinski definition) is 0. The molecular formula is C18H12FNO4. The lowest BCUT2D eigenvalue weighted by Gasteiger charge is -2.03. The molecule has 0 atom stereocenters. The Morgan fingerprint density at radius 2 is 1.88 bits per heavy atom. The summed E-state index contributed by atoms with van der Waals surface area (Å²) < 4.78 is 22.8. The van der Waals surface area contributed by atoms with Crippen LogP contribution >= 0.6 is 0 Å². The van der Waals surface area contributed by atoms with Crippen LogP contribution in [0.25, 0.3) is 6.08 Å². The highest BCUT2D eigenvalue weighted by Crippen LogP contribution is 2.21. The number of methoxy groups -OCH3 is 1. The van der Waals surface area contributed by atoms with Gasteiger partial charge in [-0.3, -0.25) is 0 Å². The third-order valence-electron chi connectivity index (χ3n) is 3.37. The zero-order valence-electron chi connectivity index (χ0n) is 12.7. The molecule has 0 amide bonds. The third-order valence-corrected chi connectivity index (χ3v) is 3.37. The number of cyclic esters (lactones) is 1. The van der Waals surface area contributed by atoms with Gasteiger partial charge in [0.15, 0.2) is 5.70 Å². The van der Waals surface area contributed by atoms with Crippen LogP contribution in [-0.2, 0) is 14.3 Å². The van der Waals surface area contributed by atoms with E-state index in [0.717, 1.165) is 0 Å². The van der Waals surface area contributed by atoms with Gasteiger partial charge in [-0.1, -0.05) is 18.2 Å². The highest BCUT2D eigenvalue weighted by Gasteiger charge is 2.24. The molecule has 0 aliphatic carbocycles. The summed E-state index contributed by atoms with van der Waals surface area (Å²) in [5.74, 6) is -1.47. The first kappa shape index (κ1) is 15.6. The molecule has 0 radical (unpaired) electrons. The van der Waals surface area contributed by atoms with E-state index in [1.165, 1.54) is 37.5 Å². The van der Waals surface area contributed by atoms with Crippen molar-refractivity contribution < 1.29 is 23.5 Å². The van der Waals surface area contributed by atoms with Gasteiger partial charge < -0.3 is 9.47 Å². The number of carbonyl (C=O) groups excluding carboxylic acids is 2. The van der Waals surface area contributed by atoms with Crippen LogP contribution in [0.3, 0.4) is 0 Å². The molecule has 0 saturated heterocycles. The molecule has 0 saturated carbocycles. The summed E-state index contributed by atoms with van der Waals surface area (Å²) in [5, 5.41) is 0. The molecule has 2 aromatic rings. The lowest BCUT2D eigenvalue weighted by molar-refractivity contribution is -0.129. The van der Waals surface area contributed by atoms with E-state index in [0.29, 0.717) is 16.7 Å². The maximum Gasteiger partial charge on any atom is 0.363 e. The Bertz CT molecular complexity index is 869. The van der Waals surface area contributed by atoms with Gasteiger partial charge in [-0.25, -0.2) is 19.0 Å². The van der Waals surface area contributed by atoms with Crippen molar-refractivity contribution in [2.75, 3.05) is 7.11 Å². The average molecular weight is 325 g/mol. The smallest absolute Gasteiger partial charge is 0.363 e.